The van der Waals surface area contributed by atoms with Crippen LogP contribution in [-0.4, -0.2) is 15.7 Å². The Bertz CT molecular complexity index is 709. The lowest BCUT2D eigenvalue weighted by Crippen LogP contribution is -2.06. The number of anilines is 1. The van der Waals surface area contributed by atoms with Crippen molar-refractivity contribution in [1.29, 1.82) is 5.26 Å². The highest BCUT2D eigenvalue weighted by molar-refractivity contribution is 7.99. The maximum atomic E-state index is 13.2. The molecule has 1 heterocycles. The molecule has 2 N–H and O–H groups in total. The number of halogens is 1. The Morgan fingerprint density at radius 2 is 2.24 bits per heavy atom. The average Bonchev–Trinajstić information content (AvgIpc) is 2.45. The number of nitrogens with two attached hydrogens (primary N) is 1. The molecule has 0 radical (unpaired) electrons. The number of aromatic nitrogens is 2. The van der Waals surface area contributed by atoms with Crippen molar-refractivity contribution in [3.63, 3.8) is 0 Å². The summed E-state index contributed by atoms with van der Waals surface area (Å²) < 4.78 is 13.2. The molecule has 4 nitrogen and oxygen atoms in total. The van der Waals surface area contributed by atoms with E-state index in [-0.39, 0.29) is 17.2 Å². The summed E-state index contributed by atoms with van der Waals surface area (Å²) in [5, 5.41) is 9.68. The van der Waals surface area contributed by atoms with Crippen LogP contribution in [0.3, 0.4) is 0 Å². The van der Waals surface area contributed by atoms with E-state index in [0.29, 0.717) is 23.0 Å². The van der Waals surface area contributed by atoms with Crippen molar-refractivity contribution in [3.8, 4) is 6.07 Å². The highest BCUT2D eigenvalue weighted by atomic mass is 32.2. The molecule has 0 unspecified atom stereocenters. The summed E-state index contributed by atoms with van der Waals surface area (Å²) in [5.74, 6) is 0.463. The molecule has 106 valence electrons. The topological polar surface area (TPSA) is 75.6 Å². The van der Waals surface area contributed by atoms with Gasteiger partial charge in [0.05, 0.1) is 5.69 Å². The highest BCUT2D eigenvalue weighted by Gasteiger charge is 2.13. The number of benzene rings is 1. The fraction of sp³-hybridized carbons (Fsp3) is 0.133. The molecule has 21 heavy (non-hydrogen) atoms. The van der Waals surface area contributed by atoms with Gasteiger partial charge in [0.2, 0.25) is 0 Å². The second-order valence-corrected chi connectivity index (χ2v) is 5.22. The number of hydrogen-bond acceptors (Lipinski definition) is 5. The van der Waals surface area contributed by atoms with E-state index < -0.39 is 0 Å². The Morgan fingerprint density at radius 1 is 1.43 bits per heavy atom. The van der Waals surface area contributed by atoms with E-state index in [4.69, 9.17) is 5.73 Å². The third-order valence-corrected chi connectivity index (χ3v) is 3.54. The molecule has 0 aliphatic carbocycles. The number of rotatable bonds is 5. The zero-order valence-electron chi connectivity index (χ0n) is 11.2. The minimum atomic E-state index is -0.325. The highest BCUT2D eigenvalue weighted by Crippen LogP contribution is 2.21. The molecular weight excluding hydrogens is 287 g/mol. The Morgan fingerprint density at radius 3 is 2.90 bits per heavy atom. The van der Waals surface area contributed by atoms with E-state index in [9.17, 15) is 9.65 Å². The smallest absolute Gasteiger partial charge is 0.190 e. The predicted octanol–water partition coefficient (Wildman–Crippen LogP) is 2.94. The Hall–Kier alpha value is -2.39. The quantitative estimate of drug-likeness (QED) is 0.522. The summed E-state index contributed by atoms with van der Waals surface area (Å²) in [5.41, 5.74) is 7.27. The zero-order valence-corrected chi connectivity index (χ0v) is 12.0. The number of nitrogen functional groups attached to an aromatic ring is 1. The number of nitriles is 1. The molecule has 0 atom stereocenters. The van der Waals surface area contributed by atoms with E-state index >= 15 is 0 Å². The van der Waals surface area contributed by atoms with Crippen LogP contribution in [0.5, 0.6) is 0 Å². The SMILES string of the molecule is C=CCSc1nc(N)c(C#N)c(Cc2cccc(F)c2)n1. The molecule has 0 aliphatic heterocycles. The van der Waals surface area contributed by atoms with Gasteiger partial charge in [0.1, 0.15) is 23.3 Å². The van der Waals surface area contributed by atoms with Crippen LogP contribution in [-0.2, 0) is 6.42 Å². The van der Waals surface area contributed by atoms with Gasteiger partial charge in [0.15, 0.2) is 5.16 Å². The van der Waals surface area contributed by atoms with Crippen molar-refractivity contribution in [1.82, 2.24) is 9.97 Å². The Labute approximate surface area is 126 Å². The van der Waals surface area contributed by atoms with Crippen molar-refractivity contribution in [2.24, 2.45) is 0 Å². The lowest BCUT2D eigenvalue weighted by molar-refractivity contribution is 0.626. The molecule has 6 heteroatoms. The predicted molar refractivity (Wildman–Crippen MR) is 81.3 cm³/mol. The summed E-state index contributed by atoms with van der Waals surface area (Å²) >= 11 is 1.38. The number of nitrogens with zero attached hydrogens (tertiary/aromatic N) is 3. The third-order valence-electron chi connectivity index (χ3n) is 2.69. The molecule has 0 fully saturated rings. The lowest BCUT2D eigenvalue weighted by atomic mass is 10.1. The van der Waals surface area contributed by atoms with Crippen molar-refractivity contribution in [2.75, 3.05) is 11.5 Å². The number of hydrogen-bond donors (Lipinski definition) is 1. The maximum Gasteiger partial charge on any atom is 0.190 e. The molecule has 1 aromatic heterocycles. The number of thioether (sulfide) groups is 1. The molecule has 1 aromatic carbocycles. The van der Waals surface area contributed by atoms with Gasteiger partial charge >= 0.3 is 0 Å². The average molecular weight is 300 g/mol. The van der Waals surface area contributed by atoms with Crippen molar-refractivity contribution in [3.05, 3.63) is 59.6 Å². The van der Waals surface area contributed by atoms with Gasteiger partial charge in [0, 0.05) is 12.2 Å². The van der Waals surface area contributed by atoms with Crippen molar-refractivity contribution in [2.45, 2.75) is 11.6 Å². The molecule has 0 aliphatic rings. The second kappa shape index (κ2) is 6.86. The first-order valence-corrected chi connectivity index (χ1v) is 7.17. The van der Waals surface area contributed by atoms with E-state index in [1.165, 1.54) is 23.9 Å². The van der Waals surface area contributed by atoms with Gasteiger partial charge in [-0.3, -0.25) is 0 Å². The van der Waals surface area contributed by atoms with Crippen LogP contribution in [0.15, 0.2) is 42.1 Å². The first-order valence-electron chi connectivity index (χ1n) is 6.18. The standard InChI is InChI=1S/C15H13FN4S/c1-2-6-21-15-19-13(12(9-17)14(18)20-15)8-10-4-3-5-11(16)7-10/h2-5,7H,1,6,8H2,(H2,18,19,20). The van der Waals surface area contributed by atoms with Crippen LogP contribution < -0.4 is 5.73 Å². The Kier molecular flexibility index (Phi) is 4.90. The van der Waals surface area contributed by atoms with Crippen LogP contribution >= 0.6 is 11.8 Å². The van der Waals surface area contributed by atoms with Crippen LogP contribution in [0.2, 0.25) is 0 Å². The van der Waals surface area contributed by atoms with Gasteiger partial charge in [-0.25, -0.2) is 14.4 Å². The molecule has 2 rings (SSSR count). The molecule has 0 amide bonds. The summed E-state index contributed by atoms with van der Waals surface area (Å²) in [6, 6.07) is 8.19. The van der Waals surface area contributed by atoms with E-state index in [0.717, 1.165) is 5.56 Å². The van der Waals surface area contributed by atoms with Gasteiger partial charge in [-0.2, -0.15) is 5.26 Å². The summed E-state index contributed by atoms with van der Waals surface area (Å²) in [6.07, 6.45) is 2.06. The minimum Gasteiger partial charge on any atom is -0.382 e. The summed E-state index contributed by atoms with van der Waals surface area (Å²) in [7, 11) is 0. The third kappa shape index (κ3) is 3.80. The molecule has 0 spiro atoms. The van der Waals surface area contributed by atoms with Crippen molar-refractivity contribution >= 4 is 17.6 Å². The van der Waals surface area contributed by atoms with Gasteiger partial charge in [-0.1, -0.05) is 30.0 Å². The fourth-order valence-electron chi connectivity index (χ4n) is 1.79. The normalized spacial score (nSPS) is 10.1. The van der Waals surface area contributed by atoms with E-state index in [1.807, 2.05) is 6.07 Å². The second-order valence-electron chi connectivity index (χ2n) is 4.23. The molecule has 0 saturated heterocycles. The lowest BCUT2D eigenvalue weighted by Gasteiger charge is -2.08. The van der Waals surface area contributed by atoms with Crippen LogP contribution in [0.25, 0.3) is 0 Å². The molecule has 0 saturated carbocycles. The van der Waals surface area contributed by atoms with E-state index in [1.54, 1.807) is 18.2 Å². The molecular formula is C15H13FN4S. The molecule has 2 aromatic rings. The fourth-order valence-corrected chi connectivity index (χ4v) is 2.40. The van der Waals surface area contributed by atoms with Gasteiger partial charge in [-0.15, -0.1) is 6.58 Å². The first-order chi connectivity index (χ1) is 10.1. The van der Waals surface area contributed by atoms with Gasteiger partial charge < -0.3 is 5.73 Å². The maximum absolute atomic E-state index is 13.2. The first kappa shape index (κ1) is 15.0. The van der Waals surface area contributed by atoms with Crippen LogP contribution in [0.4, 0.5) is 10.2 Å². The monoisotopic (exact) mass is 300 g/mol. The van der Waals surface area contributed by atoms with Crippen LogP contribution in [0, 0.1) is 17.1 Å². The zero-order chi connectivity index (χ0) is 15.2. The van der Waals surface area contributed by atoms with Crippen LogP contribution in [0.1, 0.15) is 16.8 Å². The minimum absolute atomic E-state index is 0.144. The molecule has 0 bridgehead atoms. The summed E-state index contributed by atoms with van der Waals surface area (Å²) in [4.78, 5) is 8.43. The summed E-state index contributed by atoms with van der Waals surface area (Å²) in [6.45, 7) is 3.63. The van der Waals surface area contributed by atoms with Gasteiger partial charge in [-0.05, 0) is 17.7 Å². The van der Waals surface area contributed by atoms with Crippen molar-refractivity contribution < 1.29 is 4.39 Å². The van der Waals surface area contributed by atoms with E-state index in [2.05, 4.69) is 16.5 Å². The Balaban J connectivity index is 2.38. The van der Waals surface area contributed by atoms with Gasteiger partial charge in [0.25, 0.3) is 0 Å². The largest absolute Gasteiger partial charge is 0.382 e.